The fourth-order valence-electron chi connectivity index (χ4n) is 3.02. The standard InChI is InChI=1S/C23H20N4O2S/c1-2-30-20-12-6-4-10-18(20)23(28)25-19-11-5-3-8-16(19)14-21-26-22(27-29-21)17-9-7-13-24-15-17/h3-13,15H,2,14H2,1H3,(H,25,28). The fourth-order valence-corrected chi connectivity index (χ4v) is 3.83. The number of para-hydroxylation sites is 1. The average Bonchev–Trinajstić information content (AvgIpc) is 3.25. The molecule has 4 aromatic rings. The van der Waals surface area contributed by atoms with Gasteiger partial charge in [0.15, 0.2) is 0 Å². The Morgan fingerprint density at radius 3 is 2.73 bits per heavy atom. The van der Waals surface area contributed by atoms with E-state index in [9.17, 15) is 4.79 Å². The fraction of sp³-hybridized carbons (Fsp3) is 0.130. The van der Waals surface area contributed by atoms with Gasteiger partial charge in [-0.2, -0.15) is 4.98 Å². The minimum atomic E-state index is -0.138. The van der Waals surface area contributed by atoms with Crippen molar-refractivity contribution >= 4 is 23.4 Å². The number of hydrogen-bond donors (Lipinski definition) is 1. The van der Waals surface area contributed by atoms with E-state index in [4.69, 9.17) is 4.52 Å². The quantitative estimate of drug-likeness (QED) is 0.423. The van der Waals surface area contributed by atoms with Gasteiger partial charge >= 0.3 is 0 Å². The zero-order chi connectivity index (χ0) is 20.8. The van der Waals surface area contributed by atoms with Crippen molar-refractivity contribution < 1.29 is 9.32 Å². The third-order valence-electron chi connectivity index (χ3n) is 4.43. The van der Waals surface area contributed by atoms with Crippen LogP contribution >= 0.6 is 11.8 Å². The third kappa shape index (κ3) is 4.58. The van der Waals surface area contributed by atoms with Gasteiger partial charge in [0.05, 0.1) is 12.0 Å². The molecule has 0 saturated heterocycles. The molecule has 0 aliphatic heterocycles. The van der Waals surface area contributed by atoms with Crippen LogP contribution in [0, 0.1) is 0 Å². The SMILES string of the molecule is CCSc1ccccc1C(=O)Nc1ccccc1Cc1nc(-c2cccnc2)no1. The number of anilines is 1. The highest BCUT2D eigenvalue weighted by atomic mass is 32.2. The largest absolute Gasteiger partial charge is 0.339 e. The molecule has 7 heteroatoms. The first kappa shape index (κ1) is 19.8. The monoisotopic (exact) mass is 416 g/mol. The van der Waals surface area contributed by atoms with Gasteiger partial charge in [0.2, 0.25) is 11.7 Å². The van der Waals surface area contributed by atoms with E-state index in [1.54, 1.807) is 24.2 Å². The Kier molecular flexibility index (Phi) is 6.20. The molecule has 2 aromatic heterocycles. The number of amides is 1. The van der Waals surface area contributed by atoms with E-state index >= 15 is 0 Å². The molecular formula is C23H20N4O2S. The Morgan fingerprint density at radius 2 is 1.90 bits per heavy atom. The van der Waals surface area contributed by atoms with Gasteiger partial charge in [-0.1, -0.05) is 42.4 Å². The zero-order valence-electron chi connectivity index (χ0n) is 16.4. The molecule has 0 atom stereocenters. The molecule has 0 aliphatic carbocycles. The Morgan fingerprint density at radius 1 is 1.07 bits per heavy atom. The minimum Gasteiger partial charge on any atom is -0.339 e. The van der Waals surface area contributed by atoms with Gasteiger partial charge in [0.25, 0.3) is 5.91 Å². The van der Waals surface area contributed by atoms with Crippen LogP contribution in [-0.2, 0) is 6.42 Å². The summed E-state index contributed by atoms with van der Waals surface area (Å²) in [6.45, 7) is 2.07. The van der Waals surface area contributed by atoms with Gasteiger partial charge < -0.3 is 9.84 Å². The van der Waals surface area contributed by atoms with Crippen LogP contribution in [0.3, 0.4) is 0 Å². The molecule has 0 bridgehead atoms. The lowest BCUT2D eigenvalue weighted by molar-refractivity contribution is 0.102. The van der Waals surface area contributed by atoms with Gasteiger partial charge in [-0.3, -0.25) is 9.78 Å². The zero-order valence-corrected chi connectivity index (χ0v) is 17.2. The number of hydrogen-bond acceptors (Lipinski definition) is 6. The Bertz CT molecular complexity index is 1140. The number of pyridine rings is 1. The van der Waals surface area contributed by atoms with Crippen LogP contribution in [0.15, 0.2) is 82.5 Å². The lowest BCUT2D eigenvalue weighted by atomic mass is 10.1. The number of carbonyl (C=O) groups excluding carboxylic acids is 1. The summed E-state index contributed by atoms with van der Waals surface area (Å²) in [4.78, 5) is 22.4. The van der Waals surface area contributed by atoms with Crippen LogP contribution in [0.25, 0.3) is 11.4 Å². The number of nitrogens with zero attached hydrogens (tertiary/aromatic N) is 3. The maximum atomic E-state index is 12.9. The molecule has 0 aliphatic rings. The van der Waals surface area contributed by atoms with Gasteiger partial charge in [-0.05, 0) is 41.6 Å². The van der Waals surface area contributed by atoms with Gasteiger partial charge in [0.1, 0.15) is 0 Å². The van der Waals surface area contributed by atoms with E-state index in [0.717, 1.165) is 27.5 Å². The molecule has 0 unspecified atom stereocenters. The molecule has 1 amide bonds. The minimum absolute atomic E-state index is 0.138. The number of aromatic nitrogens is 3. The summed E-state index contributed by atoms with van der Waals surface area (Å²) in [6, 6.07) is 19.0. The van der Waals surface area contributed by atoms with E-state index < -0.39 is 0 Å². The maximum absolute atomic E-state index is 12.9. The van der Waals surface area contributed by atoms with Crippen LogP contribution in [0.1, 0.15) is 28.7 Å². The normalized spacial score (nSPS) is 10.7. The summed E-state index contributed by atoms with van der Waals surface area (Å²) >= 11 is 1.65. The van der Waals surface area contributed by atoms with E-state index in [1.807, 2.05) is 60.7 Å². The molecule has 2 aromatic carbocycles. The number of rotatable bonds is 7. The molecule has 30 heavy (non-hydrogen) atoms. The van der Waals surface area contributed by atoms with Gasteiger partial charge in [-0.25, -0.2) is 0 Å². The Hall–Kier alpha value is -3.45. The van der Waals surface area contributed by atoms with E-state index in [-0.39, 0.29) is 5.91 Å². The molecule has 0 saturated carbocycles. The van der Waals surface area contributed by atoms with Gasteiger partial charge in [0, 0.05) is 28.5 Å². The topological polar surface area (TPSA) is 80.9 Å². The van der Waals surface area contributed by atoms with Crippen LogP contribution < -0.4 is 5.32 Å². The number of carbonyl (C=O) groups is 1. The third-order valence-corrected chi connectivity index (χ3v) is 5.38. The second kappa shape index (κ2) is 9.37. The first-order chi connectivity index (χ1) is 14.7. The highest BCUT2D eigenvalue weighted by Gasteiger charge is 2.15. The average molecular weight is 417 g/mol. The molecule has 6 nitrogen and oxygen atoms in total. The van der Waals surface area contributed by atoms with Crippen molar-refractivity contribution in [3.05, 3.63) is 90.1 Å². The first-order valence-electron chi connectivity index (χ1n) is 9.58. The Labute approximate surface area is 178 Å². The van der Waals surface area contributed by atoms with Crippen molar-refractivity contribution in [2.75, 3.05) is 11.1 Å². The lowest BCUT2D eigenvalue weighted by Gasteiger charge is -2.12. The van der Waals surface area contributed by atoms with E-state index in [1.165, 1.54) is 0 Å². The smallest absolute Gasteiger partial charge is 0.256 e. The van der Waals surface area contributed by atoms with Crippen LogP contribution in [-0.4, -0.2) is 26.8 Å². The molecule has 150 valence electrons. The predicted molar refractivity (Wildman–Crippen MR) is 118 cm³/mol. The van der Waals surface area contributed by atoms with Crippen LogP contribution in [0.4, 0.5) is 5.69 Å². The van der Waals surface area contributed by atoms with E-state index in [0.29, 0.717) is 23.7 Å². The molecule has 0 radical (unpaired) electrons. The van der Waals surface area contributed by atoms with Crippen molar-refractivity contribution in [1.82, 2.24) is 15.1 Å². The van der Waals surface area contributed by atoms with Crippen molar-refractivity contribution in [2.45, 2.75) is 18.2 Å². The van der Waals surface area contributed by atoms with Crippen molar-refractivity contribution in [1.29, 1.82) is 0 Å². The number of thioether (sulfide) groups is 1. The maximum Gasteiger partial charge on any atom is 0.256 e. The van der Waals surface area contributed by atoms with Crippen molar-refractivity contribution in [3.63, 3.8) is 0 Å². The predicted octanol–water partition coefficient (Wildman–Crippen LogP) is 5.09. The number of benzene rings is 2. The second-order valence-electron chi connectivity index (χ2n) is 6.47. The molecule has 2 heterocycles. The molecule has 1 N–H and O–H groups in total. The van der Waals surface area contributed by atoms with Crippen LogP contribution in [0.5, 0.6) is 0 Å². The lowest BCUT2D eigenvalue weighted by Crippen LogP contribution is -2.14. The second-order valence-corrected chi connectivity index (χ2v) is 7.78. The summed E-state index contributed by atoms with van der Waals surface area (Å²) in [5, 5.41) is 7.07. The summed E-state index contributed by atoms with van der Waals surface area (Å²) in [7, 11) is 0. The molecule has 4 rings (SSSR count). The summed E-state index contributed by atoms with van der Waals surface area (Å²) < 4.78 is 5.41. The van der Waals surface area contributed by atoms with Crippen molar-refractivity contribution in [2.24, 2.45) is 0 Å². The van der Waals surface area contributed by atoms with Crippen LogP contribution in [0.2, 0.25) is 0 Å². The summed E-state index contributed by atoms with van der Waals surface area (Å²) in [6.07, 6.45) is 3.80. The number of nitrogens with one attached hydrogen (secondary N) is 1. The summed E-state index contributed by atoms with van der Waals surface area (Å²) in [5.41, 5.74) is 3.07. The first-order valence-corrected chi connectivity index (χ1v) is 10.6. The summed E-state index contributed by atoms with van der Waals surface area (Å²) in [5.74, 6) is 1.72. The van der Waals surface area contributed by atoms with E-state index in [2.05, 4.69) is 27.4 Å². The highest BCUT2D eigenvalue weighted by Crippen LogP contribution is 2.25. The molecule has 0 spiro atoms. The van der Waals surface area contributed by atoms with Crippen molar-refractivity contribution in [3.8, 4) is 11.4 Å². The Balaban J connectivity index is 1.54. The van der Waals surface area contributed by atoms with Gasteiger partial charge in [-0.15, -0.1) is 11.8 Å². The molecular weight excluding hydrogens is 396 g/mol. The highest BCUT2D eigenvalue weighted by molar-refractivity contribution is 7.99. The molecule has 0 fully saturated rings.